The van der Waals surface area contributed by atoms with Crippen molar-refractivity contribution >= 4 is 22.9 Å². The van der Waals surface area contributed by atoms with E-state index in [2.05, 4.69) is 10.3 Å². The van der Waals surface area contributed by atoms with Gasteiger partial charge in [0, 0.05) is 42.0 Å². The summed E-state index contributed by atoms with van der Waals surface area (Å²) in [5.41, 5.74) is 1.65. The highest BCUT2D eigenvalue weighted by Crippen LogP contribution is 2.20. The van der Waals surface area contributed by atoms with E-state index in [4.69, 9.17) is 0 Å². The van der Waals surface area contributed by atoms with E-state index in [-0.39, 0.29) is 12.5 Å². The minimum atomic E-state index is 0.0728. The van der Waals surface area contributed by atoms with Crippen molar-refractivity contribution in [1.29, 1.82) is 0 Å². The van der Waals surface area contributed by atoms with Gasteiger partial charge >= 0.3 is 0 Å². The number of aryl methyl sites for hydroxylation is 1. The van der Waals surface area contributed by atoms with Gasteiger partial charge in [0.1, 0.15) is 0 Å². The van der Waals surface area contributed by atoms with Gasteiger partial charge in [-0.25, -0.2) is 4.98 Å². The van der Waals surface area contributed by atoms with E-state index in [1.807, 2.05) is 42.3 Å². The third kappa shape index (κ3) is 4.13. The van der Waals surface area contributed by atoms with Crippen molar-refractivity contribution in [2.75, 3.05) is 25.0 Å². The number of benzene rings is 1. The minimum absolute atomic E-state index is 0.0728. The number of aromatic nitrogens is 1. The number of nitrogens with zero attached hydrogens (tertiary/aromatic N) is 2. The van der Waals surface area contributed by atoms with Crippen LogP contribution in [0.3, 0.4) is 0 Å². The van der Waals surface area contributed by atoms with Gasteiger partial charge in [-0.05, 0) is 43.9 Å². The van der Waals surface area contributed by atoms with Crippen LogP contribution in [0.1, 0.15) is 33.1 Å². The van der Waals surface area contributed by atoms with Crippen LogP contribution in [0.4, 0.5) is 5.69 Å². The van der Waals surface area contributed by atoms with Crippen LogP contribution in [0.15, 0.2) is 30.5 Å². The molecule has 3 rings (SSSR count). The quantitative estimate of drug-likeness (QED) is 0.874. The maximum Gasteiger partial charge on any atom is 0.253 e. The van der Waals surface area contributed by atoms with E-state index in [9.17, 15) is 9.90 Å². The molecule has 1 aromatic heterocycles. The lowest BCUT2D eigenvalue weighted by Crippen LogP contribution is -2.39. The highest BCUT2D eigenvalue weighted by atomic mass is 32.1. The number of rotatable bonds is 5. The number of anilines is 1. The SMILES string of the molecule is Cc1ncc(CNc2cccc(C(=O)N3CCC(CO)CC3)c2)s1. The minimum Gasteiger partial charge on any atom is -0.396 e. The van der Waals surface area contributed by atoms with Crippen LogP contribution in [0.2, 0.25) is 0 Å². The molecule has 1 amide bonds. The lowest BCUT2D eigenvalue weighted by molar-refractivity contribution is 0.0651. The van der Waals surface area contributed by atoms with E-state index in [1.54, 1.807) is 11.3 Å². The average Bonchev–Trinajstić information content (AvgIpc) is 3.05. The Morgan fingerprint density at radius 3 is 2.88 bits per heavy atom. The molecule has 1 aliphatic rings. The maximum absolute atomic E-state index is 12.7. The molecule has 1 fully saturated rings. The van der Waals surface area contributed by atoms with Crippen molar-refractivity contribution in [3.05, 3.63) is 45.9 Å². The number of likely N-dealkylation sites (tertiary alicyclic amines) is 1. The summed E-state index contributed by atoms with van der Waals surface area (Å²) in [5.74, 6) is 0.411. The first-order chi connectivity index (χ1) is 11.7. The van der Waals surface area contributed by atoms with Gasteiger partial charge in [-0.15, -0.1) is 11.3 Å². The molecule has 2 heterocycles. The van der Waals surface area contributed by atoms with Gasteiger partial charge in [-0.3, -0.25) is 4.79 Å². The first-order valence-corrected chi connectivity index (χ1v) is 9.12. The lowest BCUT2D eigenvalue weighted by Gasteiger charge is -2.31. The molecular weight excluding hydrogens is 322 g/mol. The number of carbonyl (C=O) groups is 1. The molecule has 1 aromatic carbocycles. The molecule has 24 heavy (non-hydrogen) atoms. The summed E-state index contributed by atoms with van der Waals surface area (Å²) in [4.78, 5) is 20.0. The fourth-order valence-electron chi connectivity index (χ4n) is 2.94. The summed E-state index contributed by atoms with van der Waals surface area (Å²) in [6.07, 6.45) is 3.64. The Bertz CT molecular complexity index is 693. The molecule has 1 saturated heterocycles. The van der Waals surface area contributed by atoms with E-state index in [0.717, 1.165) is 36.6 Å². The Kier molecular flexibility index (Phi) is 5.48. The van der Waals surface area contributed by atoms with Gasteiger partial charge in [-0.1, -0.05) is 6.07 Å². The molecule has 2 N–H and O–H groups in total. The topological polar surface area (TPSA) is 65.5 Å². The largest absolute Gasteiger partial charge is 0.396 e. The third-order valence-corrected chi connectivity index (χ3v) is 5.32. The number of hydrogen-bond acceptors (Lipinski definition) is 5. The Hall–Kier alpha value is -1.92. The number of aliphatic hydroxyl groups excluding tert-OH is 1. The molecule has 6 heteroatoms. The van der Waals surface area contributed by atoms with Gasteiger partial charge in [0.15, 0.2) is 0 Å². The van der Waals surface area contributed by atoms with Gasteiger partial charge in [0.2, 0.25) is 0 Å². The van der Waals surface area contributed by atoms with Crippen LogP contribution in [0, 0.1) is 12.8 Å². The van der Waals surface area contributed by atoms with Crippen molar-refractivity contribution in [3.63, 3.8) is 0 Å². The molecule has 2 aromatic rings. The van der Waals surface area contributed by atoms with Crippen LogP contribution >= 0.6 is 11.3 Å². The smallest absolute Gasteiger partial charge is 0.253 e. The molecule has 0 saturated carbocycles. The molecule has 0 bridgehead atoms. The number of piperidine rings is 1. The van der Waals surface area contributed by atoms with Crippen LogP contribution in [0.5, 0.6) is 0 Å². The van der Waals surface area contributed by atoms with Crippen molar-refractivity contribution in [3.8, 4) is 0 Å². The van der Waals surface area contributed by atoms with Crippen LogP contribution < -0.4 is 5.32 Å². The van der Waals surface area contributed by atoms with Crippen LogP contribution in [-0.2, 0) is 6.54 Å². The van der Waals surface area contributed by atoms with E-state index < -0.39 is 0 Å². The molecule has 5 nitrogen and oxygen atoms in total. The van der Waals surface area contributed by atoms with Crippen LogP contribution in [-0.4, -0.2) is 40.6 Å². The zero-order valence-corrected chi connectivity index (χ0v) is 14.7. The van der Waals surface area contributed by atoms with E-state index in [0.29, 0.717) is 18.0 Å². The van der Waals surface area contributed by atoms with E-state index >= 15 is 0 Å². The highest BCUT2D eigenvalue weighted by Gasteiger charge is 2.23. The molecule has 1 aliphatic heterocycles. The first-order valence-electron chi connectivity index (χ1n) is 8.31. The van der Waals surface area contributed by atoms with Gasteiger partial charge in [-0.2, -0.15) is 0 Å². The van der Waals surface area contributed by atoms with Gasteiger partial charge in [0.05, 0.1) is 11.6 Å². The first kappa shape index (κ1) is 16.9. The predicted molar refractivity (Wildman–Crippen MR) is 96.3 cm³/mol. The number of thiazole rings is 1. The Morgan fingerprint density at radius 1 is 1.42 bits per heavy atom. The Balaban J connectivity index is 1.61. The van der Waals surface area contributed by atoms with Gasteiger partial charge in [0.25, 0.3) is 5.91 Å². The number of aliphatic hydroxyl groups is 1. The lowest BCUT2D eigenvalue weighted by atomic mass is 9.97. The fraction of sp³-hybridized carbons (Fsp3) is 0.444. The Morgan fingerprint density at radius 2 is 2.21 bits per heavy atom. The standard InChI is InChI=1S/C18H23N3O2S/c1-13-19-10-17(24-13)11-20-16-4-2-3-15(9-16)18(23)21-7-5-14(12-22)6-8-21/h2-4,9-10,14,20,22H,5-8,11-12H2,1H3. The molecular formula is C18H23N3O2S. The second kappa shape index (κ2) is 7.77. The van der Waals surface area contributed by atoms with Crippen molar-refractivity contribution in [1.82, 2.24) is 9.88 Å². The molecule has 0 spiro atoms. The maximum atomic E-state index is 12.7. The normalized spacial score (nSPS) is 15.5. The zero-order chi connectivity index (χ0) is 16.9. The molecule has 0 atom stereocenters. The van der Waals surface area contributed by atoms with Crippen molar-refractivity contribution in [2.45, 2.75) is 26.3 Å². The fourth-order valence-corrected chi connectivity index (χ4v) is 3.67. The van der Waals surface area contributed by atoms with Gasteiger partial charge < -0.3 is 15.3 Å². The average molecular weight is 345 g/mol. The van der Waals surface area contributed by atoms with Crippen molar-refractivity contribution < 1.29 is 9.90 Å². The molecule has 128 valence electrons. The number of nitrogens with one attached hydrogen (secondary N) is 1. The molecule has 0 aliphatic carbocycles. The number of carbonyl (C=O) groups excluding carboxylic acids is 1. The summed E-state index contributed by atoms with van der Waals surface area (Å²) in [7, 11) is 0. The molecule has 0 radical (unpaired) electrons. The summed E-state index contributed by atoms with van der Waals surface area (Å²) >= 11 is 1.67. The zero-order valence-electron chi connectivity index (χ0n) is 13.9. The summed E-state index contributed by atoms with van der Waals surface area (Å²) in [6.45, 7) is 4.38. The third-order valence-electron chi connectivity index (χ3n) is 4.41. The Labute approximate surface area is 146 Å². The number of hydrogen-bond donors (Lipinski definition) is 2. The monoisotopic (exact) mass is 345 g/mol. The second-order valence-corrected chi connectivity index (χ2v) is 7.52. The highest BCUT2D eigenvalue weighted by molar-refractivity contribution is 7.11. The van der Waals surface area contributed by atoms with E-state index in [1.165, 1.54) is 4.88 Å². The summed E-state index contributed by atoms with van der Waals surface area (Å²) < 4.78 is 0. The molecule has 0 unspecified atom stereocenters. The van der Waals surface area contributed by atoms with Crippen LogP contribution in [0.25, 0.3) is 0 Å². The predicted octanol–water partition coefficient (Wildman–Crippen LogP) is 2.91. The summed E-state index contributed by atoms with van der Waals surface area (Å²) in [6, 6.07) is 7.66. The second-order valence-electron chi connectivity index (χ2n) is 6.20. The summed E-state index contributed by atoms with van der Waals surface area (Å²) in [5, 5.41) is 13.6. The number of amides is 1. The van der Waals surface area contributed by atoms with Crippen molar-refractivity contribution in [2.24, 2.45) is 5.92 Å².